The highest BCUT2D eigenvalue weighted by atomic mass is 16.5. The van der Waals surface area contributed by atoms with Crippen LogP contribution >= 0.6 is 0 Å². The molecule has 6 atom stereocenters. The fraction of sp³-hybridized carbons (Fsp3) is 0.909. The number of Topliss-reactive ketones (excluding diaryl/α,β-unsaturated/α-hetero) is 1. The van der Waals surface area contributed by atoms with Gasteiger partial charge in [-0.2, -0.15) is 0 Å². The Morgan fingerprint density at radius 2 is 1.85 bits per heavy atom. The van der Waals surface area contributed by atoms with Gasteiger partial charge in [0.15, 0.2) is 0 Å². The van der Waals surface area contributed by atoms with Crippen LogP contribution in [0, 0.1) is 46.8 Å². The average Bonchev–Trinajstić information content (AvgIpc) is 2.88. The van der Waals surface area contributed by atoms with Gasteiger partial charge in [0, 0.05) is 24.4 Å². The maximum Gasteiger partial charge on any atom is 0.140 e. The summed E-state index contributed by atoms with van der Waals surface area (Å²) in [6.45, 7) is 0.945. The van der Waals surface area contributed by atoms with Crippen LogP contribution in [0.4, 0.5) is 0 Å². The zero-order chi connectivity index (χ0) is 8.53. The summed E-state index contributed by atoms with van der Waals surface area (Å²) in [5.41, 5.74) is 0.535. The third kappa shape index (κ3) is 0.325. The first-order chi connectivity index (χ1) is 6.34. The van der Waals surface area contributed by atoms with Gasteiger partial charge in [-0.15, -0.1) is 0 Å². The SMILES string of the molecule is COCC12C3C4C5C(=O)C(C43)C1C52. The van der Waals surface area contributed by atoms with E-state index in [4.69, 9.17) is 4.74 Å². The Labute approximate surface area is 76.6 Å². The Morgan fingerprint density at radius 1 is 1.23 bits per heavy atom. The van der Waals surface area contributed by atoms with Crippen molar-refractivity contribution in [2.75, 3.05) is 13.7 Å². The third-order valence-electron chi connectivity index (χ3n) is 5.93. The Balaban J connectivity index is 1.72. The minimum Gasteiger partial charge on any atom is -0.384 e. The fourth-order valence-electron chi connectivity index (χ4n) is 6.06. The lowest BCUT2D eigenvalue weighted by atomic mass is 9.99. The topological polar surface area (TPSA) is 26.3 Å². The molecule has 0 spiro atoms. The molecule has 68 valence electrons. The summed E-state index contributed by atoms with van der Waals surface area (Å²) in [5, 5.41) is 0. The van der Waals surface area contributed by atoms with E-state index in [1.165, 1.54) is 0 Å². The van der Waals surface area contributed by atoms with Crippen molar-refractivity contribution in [3.63, 3.8) is 0 Å². The van der Waals surface area contributed by atoms with Gasteiger partial charge in [-0.05, 0) is 29.6 Å². The van der Waals surface area contributed by atoms with Crippen LogP contribution in [0.15, 0.2) is 0 Å². The minimum absolute atomic E-state index is 0.514. The highest BCUT2D eigenvalue weighted by molar-refractivity contribution is 5.96. The van der Waals surface area contributed by atoms with Crippen LogP contribution < -0.4 is 0 Å². The molecular weight excluding hydrogens is 164 g/mol. The summed E-state index contributed by atoms with van der Waals surface area (Å²) in [6, 6.07) is 0. The van der Waals surface area contributed by atoms with Gasteiger partial charge in [0.2, 0.25) is 0 Å². The largest absolute Gasteiger partial charge is 0.384 e. The predicted molar refractivity (Wildman–Crippen MR) is 43.7 cm³/mol. The average molecular weight is 176 g/mol. The van der Waals surface area contributed by atoms with Crippen molar-refractivity contribution >= 4 is 5.78 Å². The first-order valence-corrected chi connectivity index (χ1v) is 5.36. The van der Waals surface area contributed by atoms with Gasteiger partial charge >= 0.3 is 0 Å². The first kappa shape index (κ1) is 6.18. The molecule has 6 aliphatic rings. The summed E-state index contributed by atoms with van der Waals surface area (Å²) in [7, 11) is 1.81. The normalized spacial score (nSPS) is 77.9. The molecule has 0 saturated heterocycles. The first-order valence-electron chi connectivity index (χ1n) is 5.36. The molecule has 0 aromatic carbocycles. The lowest BCUT2D eigenvalue weighted by molar-refractivity contribution is -0.123. The molecule has 6 saturated carbocycles. The van der Waals surface area contributed by atoms with Crippen LogP contribution in [0.3, 0.4) is 0 Å². The summed E-state index contributed by atoms with van der Waals surface area (Å²) in [6.07, 6.45) is 0. The highest BCUT2D eigenvalue weighted by Crippen LogP contribution is 2.98. The molecule has 6 fully saturated rings. The van der Waals surface area contributed by atoms with Crippen molar-refractivity contribution in [3.05, 3.63) is 0 Å². The summed E-state index contributed by atoms with van der Waals surface area (Å²) >= 11 is 0. The lowest BCUT2D eigenvalue weighted by Crippen LogP contribution is -2.16. The van der Waals surface area contributed by atoms with Gasteiger partial charge < -0.3 is 4.74 Å². The molecule has 0 aromatic heterocycles. The molecule has 13 heavy (non-hydrogen) atoms. The van der Waals surface area contributed by atoms with E-state index in [0.717, 1.165) is 36.2 Å². The predicted octanol–water partition coefficient (Wildman–Crippen LogP) is 0.570. The molecule has 6 unspecified atom stereocenters. The van der Waals surface area contributed by atoms with Gasteiger partial charge in [0.05, 0.1) is 6.61 Å². The third-order valence-corrected chi connectivity index (χ3v) is 5.93. The van der Waals surface area contributed by atoms with Gasteiger partial charge in [-0.25, -0.2) is 0 Å². The van der Waals surface area contributed by atoms with Crippen LogP contribution in [-0.2, 0) is 9.53 Å². The standard InChI is InChI=1S/C11H12O2/c1-13-2-11-7-3-4(7)6-9(11)8(11)5(3)10(6)12/h3-9H,2H2,1H3. The molecule has 6 aliphatic carbocycles. The molecule has 0 heterocycles. The number of carbonyl (C=O) groups excluding carboxylic acids is 1. The van der Waals surface area contributed by atoms with E-state index >= 15 is 0 Å². The summed E-state index contributed by atoms with van der Waals surface area (Å²) in [4.78, 5) is 11.8. The fourth-order valence-corrected chi connectivity index (χ4v) is 6.06. The number of methoxy groups -OCH3 is 1. The second-order valence-electron chi connectivity index (χ2n) is 5.73. The van der Waals surface area contributed by atoms with Crippen molar-refractivity contribution in [2.45, 2.75) is 0 Å². The quantitative estimate of drug-likeness (QED) is 0.615. The molecule has 2 heteroatoms. The molecule has 0 amide bonds. The van der Waals surface area contributed by atoms with E-state index in [2.05, 4.69) is 0 Å². The highest BCUT2D eigenvalue weighted by Gasteiger charge is 3.00. The number of ether oxygens (including phenoxy) is 1. The number of hydrogen-bond acceptors (Lipinski definition) is 2. The maximum atomic E-state index is 11.8. The van der Waals surface area contributed by atoms with E-state index in [1.54, 1.807) is 0 Å². The van der Waals surface area contributed by atoms with Crippen LogP contribution in [-0.4, -0.2) is 19.5 Å². The van der Waals surface area contributed by atoms with Gasteiger partial charge in [0.1, 0.15) is 5.78 Å². The van der Waals surface area contributed by atoms with Crippen LogP contribution in [0.2, 0.25) is 0 Å². The molecule has 2 nitrogen and oxygen atoms in total. The van der Waals surface area contributed by atoms with Gasteiger partial charge in [-0.1, -0.05) is 0 Å². The van der Waals surface area contributed by atoms with Crippen molar-refractivity contribution < 1.29 is 9.53 Å². The lowest BCUT2D eigenvalue weighted by Gasteiger charge is -2.11. The summed E-state index contributed by atoms with van der Waals surface area (Å²) < 4.78 is 5.36. The van der Waals surface area contributed by atoms with E-state index in [1.807, 2.05) is 7.11 Å². The maximum absolute atomic E-state index is 11.8. The van der Waals surface area contributed by atoms with E-state index in [0.29, 0.717) is 23.0 Å². The van der Waals surface area contributed by atoms with Crippen LogP contribution in [0.1, 0.15) is 0 Å². The molecule has 0 aromatic rings. The van der Waals surface area contributed by atoms with E-state index in [-0.39, 0.29) is 0 Å². The van der Waals surface area contributed by atoms with E-state index < -0.39 is 0 Å². The van der Waals surface area contributed by atoms with Crippen LogP contribution in [0.25, 0.3) is 0 Å². The van der Waals surface area contributed by atoms with E-state index in [9.17, 15) is 4.79 Å². The Bertz CT molecular complexity index is 335. The van der Waals surface area contributed by atoms with Crippen molar-refractivity contribution in [1.82, 2.24) is 0 Å². The van der Waals surface area contributed by atoms with Crippen LogP contribution in [0.5, 0.6) is 0 Å². The number of hydrogen-bond donors (Lipinski definition) is 0. The van der Waals surface area contributed by atoms with Crippen molar-refractivity contribution in [2.24, 2.45) is 46.8 Å². The number of ketones is 1. The minimum atomic E-state index is 0.514. The van der Waals surface area contributed by atoms with Crippen molar-refractivity contribution in [3.8, 4) is 0 Å². The second-order valence-corrected chi connectivity index (χ2v) is 5.73. The smallest absolute Gasteiger partial charge is 0.140 e. The second kappa shape index (κ2) is 1.31. The number of carbonyl (C=O) groups is 1. The molecule has 2 bridgehead atoms. The monoisotopic (exact) mass is 176 g/mol. The summed E-state index contributed by atoms with van der Waals surface area (Å²) in [5.74, 6) is 5.83. The molecule has 0 aliphatic heterocycles. The Kier molecular flexibility index (Phi) is 0.624. The Morgan fingerprint density at radius 3 is 2.31 bits per heavy atom. The van der Waals surface area contributed by atoms with Gasteiger partial charge in [-0.3, -0.25) is 4.79 Å². The molecule has 6 rings (SSSR count). The molecular formula is C11H12O2. The molecule has 0 radical (unpaired) electrons. The molecule has 0 N–H and O–H groups in total. The van der Waals surface area contributed by atoms with Crippen molar-refractivity contribution in [1.29, 1.82) is 0 Å². The Hall–Kier alpha value is -0.370. The number of rotatable bonds is 2. The zero-order valence-corrected chi connectivity index (χ0v) is 7.57. The van der Waals surface area contributed by atoms with Gasteiger partial charge in [0.25, 0.3) is 0 Å². The zero-order valence-electron chi connectivity index (χ0n) is 7.57.